The number of rotatable bonds is 3. The van der Waals surface area contributed by atoms with Crippen LogP contribution in [0.15, 0.2) is 0 Å². The number of nitrogens with two attached hydrogens (primary N) is 1. The lowest BCUT2D eigenvalue weighted by Gasteiger charge is -2.68. The zero-order valence-electron chi connectivity index (χ0n) is 12.7. The van der Waals surface area contributed by atoms with Crippen LogP contribution in [0.3, 0.4) is 0 Å². The molecule has 0 radical (unpaired) electrons. The van der Waals surface area contributed by atoms with E-state index in [1.54, 1.807) is 0 Å². The fourth-order valence-electron chi connectivity index (χ4n) is 7.47. The molecule has 0 aromatic carbocycles. The lowest BCUT2D eigenvalue weighted by molar-refractivity contribution is -0.167. The molecule has 5 aliphatic rings. The minimum absolute atomic E-state index is 0.531. The Morgan fingerprint density at radius 1 is 1.00 bits per heavy atom. The molecule has 0 aliphatic heterocycles. The van der Waals surface area contributed by atoms with Crippen molar-refractivity contribution in [2.45, 2.75) is 77.7 Å². The van der Waals surface area contributed by atoms with E-state index in [0.29, 0.717) is 22.3 Å². The molecular formula is C17H30N2. The zero-order chi connectivity index (χ0) is 13.3. The van der Waals surface area contributed by atoms with Gasteiger partial charge in [0, 0.05) is 6.04 Å². The molecule has 0 spiro atoms. The van der Waals surface area contributed by atoms with E-state index in [1.807, 2.05) is 0 Å². The van der Waals surface area contributed by atoms with Crippen LogP contribution in [0.25, 0.3) is 0 Å². The molecule has 0 amide bonds. The maximum absolute atomic E-state index is 6.04. The van der Waals surface area contributed by atoms with Crippen LogP contribution < -0.4 is 11.3 Å². The molecule has 5 saturated carbocycles. The van der Waals surface area contributed by atoms with Gasteiger partial charge in [0.05, 0.1) is 0 Å². The Morgan fingerprint density at radius 3 is 2.05 bits per heavy atom. The first kappa shape index (κ1) is 12.6. The van der Waals surface area contributed by atoms with Gasteiger partial charge >= 0.3 is 0 Å². The molecular weight excluding hydrogens is 232 g/mol. The van der Waals surface area contributed by atoms with Crippen LogP contribution in [0.5, 0.6) is 0 Å². The molecule has 3 unspecified atom stereocenters. The van der Waals surface area contributed by atoms with Gasteiger partial charge in [-0.05, 0) is 79.4 Å². The largest absolute Gasteiger partial charge is 0.271 e. The third-order valence-electron chi connectivity index (χ3n) is 7.13. The molecule has 2 nitrogen and oxygen atoms in total. The molecule has 108 valence electrons. The van der Waals surface area contributed by atoms with Crippen molar-refractivity contribution in [3.05, 3.63) is 0 Å². The average molecular weight is 262 g/mol. The molecule has 5 rings (SSSR count). The van der Waals surface area contributed by atoms with E-state index in [-0.39, 0.29) is 0 Å². The van der Waals surface area contributed by atoms with Crippen molar-refractivity contribution in [3.8, 4) is 0 Å². The molecule has 0 heterocycles. The van der Waals surface area contributed by atoms with Gasteiger partial charge in [0.15, 0.2) is 0 Å². The third-order valence-corrected chi connectivity index (χ3v) is 7.13. The standard InChI is InChI=1S/C17H30N2/c1-15-6-12-7-16(2,9-15)11-17(8-12,10-15)14(19-18)13-4-3-5-13/h12-14,19H,3-11,18H2,1-2H3. The summed E-state index contributed by atoms with van der Waals surface area (Å²) in [5, 5.41) is 0. The van der Waals surface area contributed by atoms with Gasteiger partial charge < -0.3 is 0 Å². The smallest absolute Gasteiger partial charge is 0.0295 e. The van der Waals surface area contributed by atoms with Gasteiger partial charge in [-0.3, -0.25) is 11.3 Å². The summed E-state index contributed by atoms with van der Waals surface area (Å²) in [5.41, 5.74) is 5.06. The first-order valence-electron chi connectivity index (χ1n) is 8.42. The van der Waals surface area contributed by atoms with E-state index >= 15 is 0 Å². The number of hydrazine groups is 1. The van der Waals surface area contributed by atoms with Gasteiger partial charge in [-0.15, -0.1) is 0 Å². The summed E-state index contributed by atoms with van der Waals surface area (Å²) in [7, 11) is 0. The van der Waals surface area contributed by atoms with Gasteiger partial charge in [-0.25, -0.2) is 0 Å². The summed E-state index contributed by atoms with van der Waals surface area (Å²) >= 11 is 0. The van der Waals surface area contributed by atoms with E-state index < -0.39 is 0 Å². The summed E-state index contributed by atoms with van der Waals surface area (Å²) in [6.45, 7) is 5.14. The zero-order valence-corrected chi connectivity index (χ0v) is 12.7. The second-order valence-electron chi connectivity index (χ2n) is 9.33. The summed E-state index contributed by atoms with van der Waals surface area (Å²) < 4.78 is 0. The highest BCUT2D eigenvalue weighted by atomic mass is 15.2. The molecule has 2 heteroatoms. The topological polar surface area (TPSA) is 38.0 Å². The van der Waals surface area contributed by atoms with Crippen LogP contribution >= 0.6 is 0 Å². The van der Waals surface area contributed by atoms with Crippen molar-refractivity contribution in [2.75, 3.05) is 0 Å². The first-order valence-corrected chi connectivity index (χ1v) is 8.42. The highest BCUT2D eigenvalue weighted by Crippen LogP contribution is 2.71. The summed E-state index contributed by atoms with van der Waals surface area (Å²) in [6, 6.07) is 0.600. The Balaban J connectivity index is 1.69. The van der Waals surface area contributed by atoms with Crippen LogP contribution in [-0.2, 0) is 0 Å². The van der Waals surface area contributed by atoms with Crippen molar-refractivity contribution in [2.24, 2.45) is 33.9 Å². The Labute approximate surface area is 117 Å². The van der Waals surface area contributed by atoms with Gasteiger partial charge in [0.25, 0.3) is 0 Å². The minimum Gasteiger partial charge on any atom is -0.271 e. The molecule has 0 aromatic heterocycles. The summed E-state index contributed by atoms with van der Waals surface area (Å²) in [6.07, 6.45) is 13.1. The second-order valence-corrected chi connectivity index (χ2v) is 9.33. The maximum Gasteiger partial charge on any atom is 0.0295 e. The molecule has 3 atom stereocenters. The Morgan fingerprint density at radius 2 is 1.63 bits per heavy atom. The predicted molar refractivity (Wildman–Crippen MR) is 78.3 cm³/mol. The minimum atomic E-state index is 0.531. The molecule has 3 N–H and O–H groups in total. The van der Waals surface area contributed by atoms with E-state index in [1.165, 1.54) is 57.8 Å². The highest BCUT2D eigenvalue weighted by molar-refractivity contribution is 5.14. The van der Waals surface area contributed by atoms with E-state index in [4.69, 9.17) is 5.84 Å². The Kier molecular flexibility index (Phi) is 2.50. The molecule has 0 aromatic rings. The normalized spacial score (nSPS) is 54.2. The second kappa shape index (κ2) is 3.76. The van der Waals surface area contributed by atoms with Crippen LogP contribution in [0.1, 0.15) is 71.6 Å². The van der Waals surface area contributed by atoms with Crippen molar-refractivity contribution >= 4 is 0 Å². The third kappa shape index (κ3) is 1.75. The Bertz CT molecular complexity index is 369. The summed E-state index contributed by atoms with van der Waals surface area (Å²) in [5.74, 6) is 7.90. The van der Waals surface area contributed by atoms with Gasteiger partial charge in [0.2, 0.25) is 0 Å². The fraction of sp³-hybridized carbons (Fsp3) is 1.00. The fourth-order valence-corrected chi connectivity index (χ4v) is 7.47. The van der Waals surface area contributed by atoms with E-state index in [0.717, 1.165) is 11.8 Å². The number of hydrogen-bond donors (Lipinski definition) is 2. The van der Waals surface area contributed by atoms with E-state index in [2.05, 4.69) is 19.3 Å². The molecule has 5 aliphatic carbocycles. The van der Waals surface area contributed by atoms with Crippen LogP contribution in [-0.4, -0.2) is 6.04 Å². The highest BCUT2D eigenvalue weighted by Gasteiger charge is 2.63. The summed E-state index contributed by atoms with van der Waals surface area (Å²) in [4.78, 5) is 0. The number of hydrogen-bond acceptors (Lipinski definition) is 2. The first-order chi connectivity index (χ1) is 8.96. The van der Waals surface area contributed by atoms with E-state index in [9.17, 15) is 0 Å². The molecule has 4 bridgehead atoms. The average Bonchev–Trinajstić information content (AvgIpc) is 2.17. The predicted octanol–water partition coefficient (Wildman–Crippen LogP) is 3.62. The van der Waals surface area contributed by atoms with Crippen LogP contribution in [0, 0.1) is 28.1 Å². The van der Waals surface area contributed by atoms with Crippen molar-refractivity contribution < 1.29 is 0 Å². The van der Waals surface area contributed by atoms with Crippen molar-refractivity contribution in [1.29, 1.82) is 0 Å². The lowest BCUT2D eigenvalue weighted by Crippen LogP contribution is -2.64. The van der Waals surface area contributed by atoms with Gasteiger partial charge in [-0.1, -0.05) is 20.3 Å². The maximum atomic E-state index is 6.04. The van der Waals surface area contributed by atoms with Crippen LogP contribution in [0.2, 0.25) is 0 Å². The van der Waals surface area contributed by atoms with Crippen molar-refractivity contribution in [1.82, 2.24) is 5.43 Å². The number of nitrogens with one attached hydrogen (secondary N) is 1. The SMILES string of the molecule is CC12CC3CC(C)(C1)CC(C(NN)C1CCC1)(C3)C2. The molecule has 0 saturated heterocycles. The van der Waals surface area contributed by atoms with Crippen LogP contribution in [0.4, 0.5) is 0 Å². The van der Waals surface area contributed by atoms with Gasteiger partial charge in [-0.2, -0.15) is 0 Å². The lowest BCUT2D eigenvalue weighted by atomic mass is 9.38. The molecule has 5 fully saturated rings. The van der Waals surface area contributed by atoms with Gasteiger partial charge in [0.1, 0.15) is 0 Å². The quantitative estimate of drug-likeness (QED) is 0.602. The molecule has 19 heavy (non-hydrogen) atoms. The monoisotopic (exact) mass is 262 g/mol. The Hall–Kier alpha value is -0.0800. The van der Waals surface area contributed by atoms with Crippen molar-refractivity contribution in [3.63, 3.8) is 0 Å².